The van der Waals surface area contributed by atoms with E-state index in [4.69, 9.17) is 56.8 Å². The summed E-state index contributed by atoms with van der Waals surface area (Å²) in [5, 5.41) is 26.5. The number of rotatable bonds is 6. The topological polar surface area (TPSA) is 219 Å². The van der Waals surface area contributed by atoms with E-state index in [1.807, 2.05) is 41.5 Å². The van der Waals surface area contributed by atoms with Gasteiger partial charge in [0, 0.05) is 14.2 Å². The van der Waals surface area contributed by atoms with Crippen LogP contribution in [-0.4, -0.2) is 134 Å². The van der Waals surface area contributed by atoms with Crippen molar-refractivity contribution in [2.45, 2.75) is 139 Å². The van der Waals surface area contributed by atoms with Crippen molar-refractivity contribution in [1.29, 1.82) is 0 Å². The van der Waals surface area contributed by atoms with Gasteiger partial charge >= 0.3 is 23.9 Å². The van der Waals surface area contributed by atoms with E-state index in [9.17, 15) is 29.4 Å². The molecule has 0 radical (unpaired) electrons. The van der Waals surface area contributed by atoms with Gasteiger partial charge in [-0.15, -0.1) is 0 Å². The summed E-state index contributed by atoms with van der Waals surface area (Å²) < 4.78 is 73.8. The van der Waals surface area contributed by atoms with Crippen LogP contribution in [0.15, 0.2) is 0 Å². The highest BCUT2D eigenvalue weighted by Crippen LogP contribution is 2.88. The Morgan fingerprint density at radius 1 is 0.589 bits per heavy atom. The molecule has 18 heteroatoms. The van der Waals surface area contributed by atoms with Crippen molar-refractivity contribution in [3.63, 3.8) is 0 Å². The van der Waals surface area contributed by atoms with Gasteiger partial charge in [-0.05, 0) is 48.3 Å². The minimum atomic E-state index is -2.67. The van der Waals surface area contributed by atoms with Gasteiger partial charge in [0.05, 0.1) is 21.7 Å². The predicted molar refractivity (Wildman–Crippen MR) is 174 cm³/mol. The van der Waals surface area contributed by atoms with Crippen LogP contribution in [0.4, 0.5) is 0 Å². The maximum Gasteiger partial charge on any atom is 0.345 e. The molecule has 4 unspecified atom stereocenters. The van der Waals surface area contributed by atoms with Crippen LogP contribution >= 0.6 is 0 Å². The average Bonchev–Trinajstić information content (AvgIpc) is 3.95. The Kier molecular flexibility index (Phi) is 6.58. The SMILES string of the molecule is COCO[C@H]1C(=O)O[C@H]2O[C@]34C(=O)O[C@@H]5C[C@@H](C(C)(C)C)C21C53C[C@H]1O[C@]2(O)[C@@H](CC35[C@H]6C[C@@H](C(C)(C)C)C37[C@@H](OC(=O)[C@@H]7OCOC)O[C@]52C(=O)O6)O[C@]14O. The van der Waals surface area contributed by atoms with Crippen molar-refractivity contribution in [2.24, 2.45) is 44.3 Å². The van der Waals surface area contributed by atoms with E-state index in [0.717, 1.165) is 0 Å². The summed E-state index contributed by atoms with van der Waals surface area (Å²) in [6, 6.07) is 0. The molecule has 18 atom stereocenters. The lowest BCUT2D eigenvalue weighted by atomic mass is 9.52. The zero-order valence-electron chi connectivity index (χ0n) is 32.4. The largest absolute Gasteiger partial charge is 0.459 e. The van der Waals surface area contributed by atoms with Gasteiger partial charge in [0.25, 0.3) is 0 Å². The van der Waals surface area contributed by atoms with E-state index >= 15 is 0 Å². The first-order valence-electron chi connectivity index (χ1n) is 19.4. The lowest BCUT2D eigenvalue weighted by molar-refractivity contribution is -0.456. The molecule has 4 aliphatic carbocycles. The van der Waals surface area contributed by atoms with Crippen LogP contribution in [0.25, 0.3) is 0 Å². The van der Waals surface area contributed by atoms with Gasteiger partial charge in [0.1, 0.15) is 38.0 Å². The molecule has 18 nitrogen and oxygen atoms in total. The molecular formula is C38H48O18. The van der Waals surface area contributed by atoms with Gasteiger partial charge < -0.3 is 67.1 Å². The normalized spacial score (nSPS) is 57.5. The van der Waals surface area contributed by atoms with Crippen LogP contribution in [0.5, 0.6) is 0 Å². The molecule has 4 spiro atoms. The quantitative estimate of drug-likeness (QED) is 0.208. The monoisotopic (exact) mass is 792 g/mol. The first-order chi connectivity index (χ1) is 26.2. The smallest absolute Gasteiger partial charge is 0.345 e. The molecule has 11 aliphatic rings. The van der Waals surface area contributed by atoms with Crippen LogP contribution < -0.4 is 0 Å². The van der Waals surface area contributed by atoms with Gasteiger partial charge in [-0.3, -0.25) is 0 Å². The summed E-state index contributed by atoms with van der Waals surface area (Å²) in [4.78, 5) is 56.8. The Labute approximate surface area is 321 Å². The molecule has 308 valence electrons. The van der Waals surface area contributed by atoms with Gasteiger partial charge in [-0.2, -0.15) is 0 Å². The molecule has 0 aromatic carbocycles. The lowest BCUT2D eigenvalue weighted by Gasteiger charge is -2.51. The molecule has 4 saturated carbocycles. The number of carbonyl (C=O) groups excluding carboxylic acids is 4. The summed E-state index contributed by atoms with van der Waals surface area (Å²) in [6.45, 7) is 11.4. The Balaban J connectivity index is 1.09. The van der Waals surface area contributed by atoms with Crippen LogP contribution in [0, 0.1) is 44.3 Å². The van der Waals surface area contributed by atoms with Gasteiger partial charge in [-0.25, -0.2) is 19.2 Å². The first kappa shape index (κ1) is 36.6. The molecule has 0 aromatic rings. The second kappa shape index (κ2) is 10.1. The number of hydrogen-bond acceptors (Lipinski definition) is 18. The Bertz CT molecular complexity index is 1740. The molecule has 0 amide bonds. The molecular weight excluding hydrogens is 744 g/mol. The number of ether oxygens (including phenoxy) is 12. The van der Waals surface area contributed by atoms with E-state index < -0.39 is 140 Å². The summed E-state index contributed by atoms with van der Waals surface area (Å²) >= 11 is 0. The van der Waals surface area contributed by atoms with E-state index in [1.165, 1.54) is 14.2 Å². The van der Waals surface area contributed by atoms with Crippen LogP contribution in [0.2, 0.25) is 0 Å². The maximum absolute atomic E-state index is 14.6. The van der Waals surface area contributed by atoms with E-state index in [-0.39, 0.29) is 39.3 Å². The van der Waals surface area contributed by atoms with Crippen molar-refractivity contribution in [3.05, 3.63) is 0 Å². The molecule has 7 aliphatic heterocycles. The molecule has 2 N–H and O–H groups in total. The van der Waals surface area contributed by atoms with Crippen molar-refractivity contribution in [2.75, 3.05) is 27.8 Å². The van der Waals surface area contributed by atoms with E-state index in [1.54, 1.807) is 0 Å². The van der Waals surface area contributed by atoms with Crippen LogP contribution in [-0.2, 0) is 76.0 Å². The zero-order valence-corrected chi connectivity index (χ0v) is 32.4. The molecule has 56 heavy (non-hydrogen) atoms. The van der Waals surface area contributed by atoms with Crippen molar-refractivity contribution in [3.8, 4) is 0 Å². The number of carbonyl (C=O) groups is 4. The fraction of sp³-hybridized carbons (Fsp3) is 0.895. The molecule has 7 saturated heterocycles. The summed E-state index contributed by atoms with van der Waals surface area (Å²) in [5.74, 6) is -9.57. The van der Waals surface area contributed by atoms with Crippen molar-refractivity contribution >= 4 is 23.9 Å². The second-order valence-corrected chi connectivity index (χ2v) is 20.0. The molecule has 0 aromatic heterocycles. The van der Waals surface area contributed by atoms with Crippen LogP contribution in [0.3, 0.4) is 0 Å². The summed E-state index contributed by atoms with van der Waals surface area (Å²) in [6.07, 6.45) is -10.4. The number of hydrogen-bond donors (Lipinski definition) is 2. The zero-order chi connectivity index (χ0) is 39.8. The van der Waals surface area contributed by atoms with Gasteiger partial charge in [0.2, 0.25) is 35.4 Å². The summed E-state index contributed by atoms with van der Waals surface area (Å²) in [5.41, 5.74) is -11.8. The van der Waals surface area contributed by atoms with Crippen molar-refractivity contribution < 1.29 is 86.2 Å². The fourth-order valence-corrected chi connectivity index (χ4v) is 15.3. The molecule has 7 heterocycles. The summed E-state index contributed by atoms with van der Waals surface area (Å²) in [7, 11) is 2.82. The number of fused-ring (bicyclic) bond motifs is 2. The third kappa shape index (κ3) is 3.11. The van der Waals surface area contributed by atoms with E-state index in [0.29, 0.717) is 0 Å². The Morgan fingerprint density at radius 3 is 1.30 bits per heavy atom. The molecule has 0 bridgehead atoms. The average molecular weight is 793 g/mol. The minimum Gasteiger partial charge on any atom is -0.459 e. The number of esters is 4. The highest BCUT2D eigenvalue weighted by molar-refractivity contribution is 5.92. The third-order valence-corrected chi connectivity index (χ3v) is 16.5. The standard InChI is InChI=1S/C38H48O18/c1-29(2,3)15-9-17-31-11-19-37(43,35(31,25(41)49-17)55-27-33(15,31)21(23(39)51-27)47-13-45-7)54-20-12-32-18-10-16(30(4,5)6)34(32)22(48-14-46-8)24(40)52-28(34)56-36(32,26(42)50-18)38(20,44)53-19/h15-22,27-28,43-44H,9-14H2,1-8H3/t15-,16-,17+,18+,19+,20+,21-,22-,27-,28-,31?,32?,33?,34?,35+,36+,37+,38+/m0/s1. The Morgan fingerprint density at radius 2 is 0.964 bits per heavy atom. The Hall–Kier alpha value is -2.52. The maximum atomic E-state index is 14.6. The predicted octanol–water partition coefficient (Wildman–Crippen LogP) is 0.165. The molecule has 11 rings (SSSR count). The number of aliphatic hydroxyl groups is 2. The fourth-order valence-electron chi connectivity index (χ4n) is 15.3. The van der Waals surface area contributed by atoms with Gasteiger partial charge in [-0.1, -0.05) is 41.5 Å². The van der Waals surface area contributed by atoms with Crippen LogP contribution in [0.1, 0.15) is 67.2 Å². The van der Waals surface area contributed by atoms with Gasteiger partial charge in [0.15, 0.2) is 12.2 Å². The highest BCUT2D eigenvalue weighted by atomic mass is 16.8. The first-order valence-corrected chi connectivity index (χ1v) is 19.4. The molecule has 11 fully saturated rings. The second-order valence-electron chi connectivity index (χ2n) is 20.0. The third-order valence-electron chi connectivity index (χ3n) is 16.5. The van der Waals surface area contributed by atoms with Crippen molar-refractivity contribution in [1.82, 2.24) is 0 Å². The minimum absolute atomic E-state index is 0.253. The lowest BCUT2D eigenvalue weighted by Crippen LogP contribution is -2.75. The number of methoxy groups -OCH3 is 2. The van der Waals surface area contributed by atoms with E-state index in [2.05, 4.69) is 0 Å². The highest BCUT2D eigenvalue weighted by Gasteiger charge is 3.05.